The lowest BCUT2D eigenvalue weighted by Crippen LogP contribution is -1.90. The van der Waals surface area contributed by atoms with E-state index < -0.39 is 0 Å². The highest BCUT2D eigenvalue weighted by atomic mass is 35.5. The molecule has 3 nitrogen and oxygen atoms in total. The van der Waals surface area contributed by atoms with Gasteiger partial charge in [0.25, 0.3) is 0 Å². The lowest BCUT2D eigenvalue weighted by molar-refractivity contribution is 0.415. The molecular weight excluding hydrogens is 363 g/mol. The molecule has 0 fully saturated rings. The second kappa shape index (κ2) is 7.88. The molecule has 1 heterocycles. The molecule has 0 saturated heterocycles. The molecule has 0 aliphatic rings. The van der Waals surface area contributed by atoms with Gasteiger partial charge in [0.05, 0.1) is 22.8 Å². The van der Waals surface area contributed by atoms with Crippen molar-refractivity contribution in [2.24, 2.45) is 0 Å². The van der Waals surface area contributed by atoms with Crippen LogP contribution in [-0.2, 0) is 5.75 Å². The second-order valence-electron chi connectivity index (χ2n) is 5.02. The molecule has 0 aliphatic carbocycles. The van der Waals surface area contributed by atoms with Crippen molar-refractivity contribution in [3.63, 3.8) is 0 Å². The summed E-state index contributed by atoms with van der Waals surface area (Å²) in [6.07, 6.45) is 0. The third-order valence-electron chi connectivity index (χ3n) is 3.40. The standard InChI is InChI=1S/C18H14Cl2N2OS/c1-23-14-5-3-13(4-6-14)17-8-9-18(22-21-17)24-11-12-2-7-15(19)16(20)10-12/h2-10H,11H2,1H3. The van der Waals surface area contributed by atoms with E-state index in [1.165, 1.54) is 0 Å². The van der Waals surface area contributed by atoms with Crippen LogP contribution in [0.3, 0.4) is 0 Å². The molecule has 0 spiro atoms. The molecule has 0 saturated carbocycles. The smallest absolute Gasteiger partial charge is 0.119 e. The van der Waals surface area contributed by atoms with Crippen LogP contribution in [0.25, 0.3) is 11.3 Å². The Morgan fingerprint density at radius 1 is 0.917 bits per heavy atom. The highest BCUT2D eigenvalue weighted by molar-refractivity contribution is 7.98. The maximum absolute atomic E-state index is 6.03. The predicted octanol–water partition coefficient (Wildman–Crippen LogP) is 5.75. The average molecular weight is 377 g/mol. The molecule has 6 heteroatoms. The van der Waals surface area contributed by atoms with Crippen molar-refractivity contribution < 1.29 is 4.74 Å². The summed E-state index contributed by atoms with van der Waals surface area (Å²) in [5.41, 5.74) is 2.93. The van der Waals surface area contributed by atoms with Crippen LogP contribution in [-0.4, -0.2) is 17.3 Å². The monoisotopic (exact) mass is 376 g/mol. The van der Waals surface area contributed by atoms with E-state index in [1.807, 2.05) is 48.5 Å². The summed E-state index contributed by atoms with van der Waals surface area (Å²) in [6, 6.07) is 17.3. The highest BCUT2D eigenvalue weighted by Gasteiger charge is 2.04. The summed E-state index contributed by atoms with van der Waals surface area (Å²) in [4.78, 5) is 0. The van der Waals surface area contributed by atoms with Gasteiger partial charge in [0, 0.05) is 11.3 Å². The number of ether oxygens (including phenoxy) is 1. The van der Waals surface area contributed by atoms with Crippen molar-refractivity contribution in [1.82, 2.24) is 10.2 Å². The first-order valence-electron chi connectivity index (χ1n) is 7.20. The van der Waals surface area contributed by atoms with Crippen LogP contribution < -0.4 is 4.74 Å². The summed E-state index contributed by atoms with van der Waals surface area (Å²) in [5, 5.41) is 10.6. The van der Waals surface area contributed by atoms with Crippen LogP contribution in [0.5, 0.6) is 5.75 Å². The first-order chi connectivity index (χ1) is 11.7. The van der Waals surface area contributed by atoms with Gasteiger partial charge in [-0.05, 0) is 54.1 Å². The Labute approximate surface area is 155 Å². The van der Waals surface area contributed by atoms with Gasteiger partial charge in [-0.3, -0.25) is 0 Å². The van der Waals surface area contributed by atoms with Crippen LogP contribution in [0.15, 0.2) is 59.6 Å². The molecule has 0 atom stereocenters. The fourth-order valence-corrected chi connectivity index (χ4v) is 3.18. The quantitative estimate of drug-likeness (QED) is 0.530. The van der Waals surface area contributed by atoms with Crippen LogP contribution >= 0.6 is 35.0 Å². The summed E-state index contributed by atoms with van der Waals surface area (Å²) in [5.74, 6) is 1.58. The summed E-state index contributed by atoms with van der Waals surface area (Å²) >= 11 is 13.6. The van der Waals surface area contributed by atoms with Crippen molar-refractivity contribution in [2.45, 2.75) is 10.8 Å². The normalized spacial score (nSPS) is 10.6. The fraction of sp³-hybridized carbons (Fsp3) is 0.111. The van der Waals surface area contributed by atoms with Crippen molar-refractivity contribution in [3.05, 3.63) is 70.2 Å². The van der Waals surface area contributed by atoms with Gasteiger partial charge in [-0.25, -0.2) is 0 Å². The Morgan fingerprint density at radius 2 is 1.71 bits per heavy atom. The van der Waals surface area contributed by atoms with E-state index in [0.717, 1.165) is 33.3 Å². The van der Waals surface area contributed by atoms with Gasteiger partial charge >= 0.3 is 0 Å². The van der Waals surface area contributed by atoms with E-state index in [1.54, 1.807) is 24.9 Å². The van der Waals surface area contributed by atoms with Gasteiger partial charge in [0.1, 0.15) is 10.8 Å². The number of nitrogens with zero attached hydrogens (tertiary/aromatic N) is 2. The second-order valence-corrected chi connectivity index (χ2v) is 6.83. The van der Waals surface area contributed by atoms with Gasteiger partial charge in [-0.1, -0.05) is 41.0 Å². The zero-order valence-corrected chi connectivity index (χ0v) is 15.2. The minimum absolute atomic E-state index is 0.564. The van der Waals surface area contributed by atoms with E-state index in [2.05, 4.69) is 10.2 Å². The topological polar surface area (TPSA) is 35.0 Å². The van der Waals surface area contributed by atoms with Crippen molar-refractivity contribution >= 4 is 35.0 Å². The molecule has 2 aromatic carbocycles. The average Bonchev–Trinajstić information content (AvgIpc) is 2.63. The number of hydrogen-bond acceptors (Lipinski definition) is 4. The number of hydrogen-bond donors (Lipinski definition) is 0. The van der Waals surface area contributed by atoms with E-state index in [0.29, 0.717) is 10.0 Å². The molecule has 0 radical (unpaired) electrons. The molecule has 0 aliphatic heterocycles. The minimum Gasteiger partial charge on any atom is -0.497 e. The fourth-order valence-electron chi connectivity index (χ4n) is 2.10. The van der Waals surface area contributed by atoms with Crippen molar-refractivity contribution in [3.8, 4) is 17.0 Å². The van der Waals surface area contributed by atoms with Crippen LogP contribution in [0.1, 0.15) is 5.56 Å². The minimum atomic E-state index is 0.564. The van der Waals surface area contributed by atoms with E-state index in [-0.39, 0.29) is 0 Å². The van der Waals surface area contributed by atoms with Gasteiger partial charge < -0.3 is 4.74 Å². The lowest BCUT2D eigenvalue weighted by Gasteiger charge is -2.05. The SMILES string of the molecule is COc1ccc(-c2ccc(SCc3ccc(Cl)c(Cl)c3)nn2)cc1. The molecule has 0 N–H and O–H groups in total. The van der Waals surface area contributed by atoms with Gasteiger partial charge in [-0.2, -0.15) is 0 Å². The maximum Gasteiger partial charge on any atom is 0.119 e. The molecule has 0 bridgehead atoms. The van der Waals surface area contributed by atoms with Crippen LogP contribution in [0, 0.1) is 0 Å². The van der Waals surface area contributed by atoms with E-state index in [4.69, 9.17) is 27.9 Å². The Balaban J connectivity index is 1.66. The van der Waals surface area contributed by atoms with Gasteiger partial charge in [0.2, 0.25) is 0 Å². The number of aromatic nitrogens is 2. The Morgan fingerprint density at radius 3 is 2.33 bits per heavy atom. The van der Waals surface area contributed by atoms with Gasteiger partial charge in [-0.15, -0.1) is 10.2 Å². The largest absolute Gasteiger partial charge is 0.497 e. The zero-order valence-electron chi connectivity index (χ0n) is 12.9. The molecule has 122 valence electrons. The van der Waals surface area contributed by atoms with Crippen LogP contribution in [0.2, 0.25) is 10.0 Å². The molecule has 0 amide bonds. The summed E-state index contributed by atoms with van der Waals surface area (Å²) in [7, 11) is 1.65. The third-order valence-corrected chi connectivity index (χ3v) is 5.13. The predicted molar refractivity (Wildman–Crippen MR) is 100 cm³/mol. The Bertz CT molecular complexity index is 823. The van der Waals surface area contributed by atoms with Crippen molar-refractivity contribution in [1.29, 1.82) is 0 Å². The first-order valence-corrected chi connectivity index (χ1v) is 8.95. The Kier molecular flexibility index (Phi) is 5.61. The molecule has 3 aromatic rings. The summed E-state index contributed by atoms with van der Waals surface area (Å²) < 4.78 is 5.16. The molecular formula is C18H14Cl2N2OS. The molecule has 0 unspecified atom stereocenters. The number of halogens is 2. The molecule has 1 aromatic heterocycles. The van der Waals surface area contributed by atoms with Crippen LogP contribution in [0.4, 0.5) is 0 Å². The maximum atomic E-state index is 6.03. The molecule has 3 rings (SSSR count). The molecule has 24 heavy (non-hydrogen) atoms. The number of benzene rings is 2. The third kappa shape index (κ3) is 4.20. The van der Waals surface area contributed by atoms with E-state index in [9.17, 15) is 0 Å². The number of rotatable bonds is 5. The number of methoxy groups -OCH3 is 1. The lowest BCUT2D eigenvalue weighted by atomic mass is 10.1. The van der Waals surface area contributed by atoms with E-state index >= 15 is 0 Å². The number of thioether (sulfide) groups is 1. The van der Waals surface area contributed by atoms with Gasteiger partial charge in [0.15, 0.2) is 0 Å². The first kappa shape index (κ1) is 17.1. The van der Waals surface area contributed by atoms with Crippen molar-refractivity contribution in [2.75, 3.05) is 7.11 Å². The summed E-state index contributed by atoms with van der Waals surface area (Å²) in [6.45, 7) is 0. The Hall–Kier alpha value is -1.75. The highest BCUT2D eigenvalue weighted by Crippen LogP contribution is 2.27. The zero-order chi connectivity index (χ0) is 16.9.